The fraction of sp³-hybridized carbons (Fsp3) is 0.423. The molecule has 1 aromatic carbocycles. The Hall–Kier alpha value is -2.22. The Morgan fingerprint density at radius 3 is 2.61 bits per heavy atom. The average molecular weight is 375 g/mol. The molecule has 0 saturated heterocycles. The first kappa shape index (κ1) is 17.8. The van der Waals surface area contributed by atoms with Gasteiger partial charge in [0.1, 0.15) is 6.17 Å². The first-order valence-corrected chi connectivity index (χ1v) is 10.6. The van der Waals surface area contributed by atoms with Gasteiger partial charge in [-0.3, -0.25) is 0 Å². The minimum absolute atomic E-state index is 0.0753. The number of allylic oxidation sites excluding steroid dienone is 6. The SMILES string of the molecule is CCC1(CC)C=CC2=CCC(F)C3=C2c2c4c(ccc(C)c4cc[n+]21)C3(C)C. The van der Waals surface area contributed by atoms with Gasteiger partial charge < -0.3 is 0 Å². The summed E-state index contributed by atoms with van der Waals surface area (Å²) in [5.74, 6) is 0. The van der Waals surface area contributed by atoms with Crippen LogP contribution in [0, 0.1) is 6.92 Å². The fourth-order valence-electron chi connectivity index (χ4n) is 5.85. The second-order valence-corrected chi connectivity index (χ2v) is 9.17. The summed E-state index contributed by atoms with van der Waals surface area (Å²) in [6.07, 6.45) is 10.6. The first-order chi connectivity index (χ1) is 13.4. The molecule has 1 nitrogen and oxygen atoms in total. The summed E-state index contributed by atoms with van der Waals surface area (Å²) in [5.41, 5.74) is 6.71. The predicted octanol–water partition coefficient (Wildman–Crippen LogP) is 6.23. The fourth-order valence-corrected chi connectivity index (χ4v) is 5.85. The van der Waals surface area contributed by atoms with E-state index in [1.165, 1.54) is 33.2 Å². The summed E-state index contributed by atoms with van der Waals surface area (Å²) in [5, 5.41) is 2.62. The molecule has 144 valence electrons. The van der Waals surface area contributed by atoms with E-state index in [0.29, 0.717) is 6.42 Å². The maximum Gasteiger partial charge on any atom is 0.222 e. The summed E-state index contributed by atoms with van der Waals surface area (Å²) in [4.78, 5) is 0. The zero-order valence-electron chi connectivity index (χ0n) is 17.6. The highest BCUT2D eigenvalue weighted by molar-refractivity contribution is 6.04. The van der Waals surface area contributed by atoms with Crippen molar-refractivity contribution in [1.82, 2.24) is 0 Å². The van der Waals surface area contributed by atoms with Gasteiger partial charge in [0.05, 0.1) is 11.0 Å². The van der Waals surface area contributed by atoms with Crippen LogP contribution < -0.4 is 4.57 Å². The van der Waals surface area contributed by atoms with E-state index in [1.54, 1.807) is 0 Å². The van der Waals surface area contributed by atoms with Gasteiger partial charge in [-0.1, -0.05) is 52.0 Å². The highest BCUT2D eigenvalue weighted by atomic mass is 19.1. The lowest BCUT2D eigenvalue weighted by Gasteiger charge is -2.39. The summed E-state index contributed by atoms with van der Waals surface area (Å²) in [7, 11) is 0. The number of hydrogen-bond donors (Lipinski definition) is 0. The van der Waals surface area contributed by atoms with Gasteiger partial charge in [-0.25, -0.2) is 4.39 Å². The molecule has 0 radical (unpaired) electrons. The van der Waals surface area contributed by atoms with Crippen LogP contribution in [0.5, 0.6) is 0 Å². The Balaban J connectivity index is 2.06. The quantitative estimate of drug-likeness (QED) is 0.548. The van der Waals surface area contributed by atoms with E-state index in [4.69, 9.17) is 0 Å². The Labute approximate surface area is 167 Å². The maximum absolute atomic E-state index is 15.5. The Morgan fingerprint density at radius 1 is 1.14 bits per heavy atom. The number of benzene rings is 1. The second kappa shape index (κ2) is 5.65. The van der Waals surface area contributed by atoms with E-state index < -0.39 is 6.17 Å². The van der Waals surface area contributed by atoms with Crippen molar-refractivity contribution in [2.75, 3.05) is 0 Å². The van der Waals surface area contributed by atoms with Crippen LogP contribution >= 0.6 is 0 Å². The molecule has 28 heavy (non-hydrogen) atoms. The lowest BCUT2D eigenvalue weighted by atomic mass is 9.64. The van der Waals surface area contributed by atoms with Gasteiger partial charge in [-0.2, -0.15) is 4.57 Å². The third-order valence-corrected chi connectivity index (χ3v) is 7.61. The van der Waals surface area contributed by atoms with E-state index in [9.17, 15) is 0 Å². The molecule has 1 aliphatic heterocycles. The molecule has 0 spiro atoms. The van der Waals surface area contributed by atoms with E-state index in [0.717, 1.165) is 24.0 Å². The van der Waals surface area contributed by atoms with Crippen LogP contribution in [-0.4, -0.2) is 6.17 Å². The third-order valence-electron chi connectivity index (χ3n) is 7.61. The van der Waals surface area contributed by atoms with Gasteiger partial charge in [-0.15, -0.1) is 0 Å². The molecule has 1 unspecified atom stereocenters. The molecule has 2 aliphatic carbocycles. The molecule has 2 heterocycles. The van der Waals surface area contributed by atoms with Crippen LogP contribution in [0.2, 0.25) is 0 Å². The molecule has 0 N–H and O–H groups in total. The summed E-state index contributed by atoms with van der Waals surface area (Å²) < 4.78 is 17.9. The number of nitrogens with zero attached hydrogens (tertiary/aromatic N) is 1. The van der Waals surface area contributed by atoms with Crippen molar-refractivity contribution in [1.29, 1.82) is 0 Å². The van der Waals surface area contributed by atoms with Gasteiger partial charge in [0.15, 0.2) is 11.7 Å². The zero-order chi connectivity index (χ0) is 19.8. The number of aromatic nitrogens is 1. The van der Waals surface area contributed by atoms with Crippen LogP contribution in [0.1, 0.15) is 63.8 Å². The van der Waals surface area contributed by atoms with Gasteiger partial charge >= 0.3 is 0 Å². The third kappa shape index (κ3) is 1.99. The van der Waals surface area contributed by atoms with Crippen LogP contribution in [-0.2, 0) is 11.0 Å². The maximum atomic E-state index is 15.5. The number of halogens is 1. The first-order valence-electron chi connectivity index (χ1n) is 10.6. The Morgan fingerprint density at radius 2 is 1.89 bits per heavy atom. The molecule has 1 aromatic heterocycles. The summed E-state index contributed by atoms with van der Waals surface area (Å²) in [6.45, 7) is 11.1. The highest BCUT2D eigenvalue weighted by Crippen LogP contribution is 2.53. The second-order valence-electron chi connectivity index (χ2n) is 9.17. The van der Waals surface area contributed by atoms with Crippen molar-refractivity contribution in [2.45, 2.75) is 71.0 Å². The monoisotopic (exact) mass is 374 g/mol. The van der Waals surface area contributed by atoms with Crippen LogP contribution in [0.3, 0.4) is 0 Å². The molecule has 0 saturated carbocycles. The number of hydrogen-bond acceptors (Lipinski definition) is 0. The van der Waals surface area contributed by atoms with E-state index in [2.05, 4.69) is 81.8 Å². The molecular formula is C26H29FN+. The average Bonchev–Trinajstić information content (AvgIpc) is 2.82. The van der Waals surface area contributed by atoms with E-state index >= 15 is 4.39 Å². The molecule has 1 atom stereocenters. The van der Waals surface area contributed by atoms with Gasteiger partial charge in [0, 0.05) is 30.7 Å². The highest BCUT2D eigenvalue weighted by Gasteiger charge is 2.49. The molecule has 2 heteroatoms. The van der Waals surface area contributed by atoms with Crippen molar-refractivity contribution in [3.8, 4) is 0 Å². The standard InChI is InChI=1S/C26H29FN/c1-6-26(7-2)14-12-17-9-11-20(27)23-21(17)24-22-18(13-15-28(24)26)16(3)8-10-19(22)25(23,4)5/h8-10,12-15,20H,6-7,11H2,1-5H3/q+1. The number of rotatable bonds is 2. The van der Waals surface area contributed by atoms with E-state index in [1.807, 2.05) is 0 Å². The smallest absolute Gasteiger partial charge is 0.222 e. The van der Waals surface area contributed by atoms with Crippen LogP contribution in [0.4, 0.5) is 4.39 Å². The Kier molecular flexibility index (Phi) is 3.60. The normalized spacial score (nSPS) is 23.6. The summed E-state index contributed by atoms with van der Waals surface area (Å²) >= 11 is 0. The predicted molar refractivity (Wildman–Crippen MR) is 114 cm³/mol. The van der Waals surface area contributed by atoms with Crippen molar-refractivity contribution >= 4 is 16.3 Å². The minimum Gasteiger partial charge on any atom is -0.242 e. The number of pyridine rings is 1. The van der Waals surface area contributed by atoms with E-state index in [-0.39, 0.29) is 11.0 Å². The zero-order valence-corrected chi connectivity index (χ0v) is 17.6. The Bertz CT molecular complexity index is 1110. The summed E-state index contributed by atoms with van der Waals surface area (Å²) in [6, 6.07) is 6.72. The number of alkyl halides is 1. The van der Waals surface area contributed by atoms with Crippen LogP contribution in [0.15, 0.2) is 53.8 Å². The van der Waals surface area contributed by atoms with Gasteiger partial charge in [0.25, 0.3) is 0 Å². The molecule has 3 aliphatic rings. The molecule has 2 aromatic rings. The lowest BCUT2D eigenvalue weighted by molar-refractivity contribution is -0.754. The minimum atomic E-state index is -0.920. The molecule has 5 rings (SSSR count). The van der Waals surface area contributed by atoms with Crippen molar-refractivity contribution in [3.05, 3.63) is 70.6 Å². The molecule has 0 bridgehead atoms. The van der Waals surface area contributed by atoms with Crippen molar-refractivity contribution in [3.63, 3.8) is 0 Å². The number of aryl methyl sites for hydroxylation is 1. The van der Waals surface area contributed by atoms with Crippen LogP contribution in [0.25, 0.3) is 16.3 Å². The van der Waals surface area contributed by atoms with Crippen molar-refractivity contribution < 1.29 is 8.96 Å². The molecule has 0 amide bonds. The van der Waals surface area contributed by atoms with Gasteiger partial charge in [-0.05, 0) is 40.7 Å². The largest absolute Gasteiger partial charge is 0.242 e. The lowest BCUT2D eigenvalue weighted by Crippen LogP contribution is -2.57. The molecular weight excluding hydrogens is 345 g/mol. The van der Waals surface area contributed by atoms with Crippen molar-refractivity contribution in [2.24, 2.45) is 0 Å². The topological polar surface area (TPSA) is 3.88 Å². The molecule has 0 fully saturated rings. The van der Waals surface area contributed by atoms with Gasteiger partial charge in [0.2, 0.25) is 5.69 Å².